The second-order valence-corrected chi connectivity index (χ2v) is 35.3. The van der Waals surface area contributed by atoms with Gasteiger partial charge in [0, 0.05) is 35.3 Å². The van der Waals surface area contributed by atoms with Crippen molar-refractivity contribution in [2.75, 3.05) is 7.36 Å². The van der Waals surface area contributed by atoms with Crippen LogP contribution in [0.3, 0.4) is 0 Å². The highest BCUT2D eigenvalue weighted by molar-refractivity contribution is 14.3. The summed E-state index contributed by atoms with van der Waals surface area (Å²) in [6.45, 7) is 11.0. The molecule has 88 heavy (non-hydrogen) atoms. The molecule has 4 aromatic carbocycles. The molecule has 0 fully saturated rings. The third-order valence-electron chi connectivity index (χ3n) is 13.9. The number of rotatable bonds is 10. The molecule has 492 valence electrons. The third kappa shape index (κ3) is 27.7. The molecule has 3 atom stereocenters. The topological polar surface area (TPSA) is 151 Å². The van der Waals surface area contributed by atoms with Crippen LogP contribution in [0.5, 0.6) is 0 Å². The van der Waals surface area contributed by atoms with E-state index in [1.807, 2.05) is 59.0 Å². The normalized spacial score (nSPS) is 16.0. The summed E-state index contributed by atoms with van der Waals surface area (Å²) < 4.78 is 148. The second-order valence-electron chi connectivity index (χ2n) is 19.9. The fraction of sp³-hybridized carbons (Fsp3) is 0.500. The molecular weight excluding hydrogens is 1860 g/mol. The van der Waals surface area contributed by atoms with Crippen LogP contribution in [-0.2, 0) is 96.2 Å². The number of benzene rings is 4. The number of carbonyl (C=O) groups is 6. The van der Waals surface area contributed by atoms with E-state index in [2.05, 4.69) is 167 Å². The number of halogens is 18. The summed E-state index contributed by atoms with van der Waals surface area (Å²) in [5, 5.41) is 8.08. The van der Waals surface area contributed by atoms with E-state index < -0.39 is 72.5 Å². The van der Waals surface area contributed by atoms with Gasteiger partial charge < -0.3 is 21.3 Å². The monoisotopic (exact) mass is 1930 g/mol. The van der Waals surface area contributed by atoms with Crippen LogP contribution in [0, 0.1) is 0 Å². The van der Waals surface area contributed by atoms with Gasteiger partial charge in [-0.25, -0.2) is 0 Å². The van der Waals surface area contributed by atoms with Crippen molar-refractivity contribution < 1.29 is 81.5 Å². The summed E-state index contributed by atoms with van der Waals surface area (Å²) in [7, 11) is 0. The number of Topliss-reactive ketones (excluding diaryl/α,β-unsaturated/α-hetero) is 2. The Balaban J connectivity index is 0.000000559. The van der Waals surface area contributed by atoms with E-state index in [0.29, 0.717) is 68.9 Å². The molecular formula is C60H70F12I6N4O6. The first kappa shape index (κ1) is 83.7. The van der Waals surface area contributed by atoms with E-state index >= 15 is 0 Å². The molecule has 0 saturated carbocycles. The second kappa shape index (κ2) is 38.7. The number of ketones is 2. The summed E-state index contributed by atoms with van der Waals surface area (Å²) in [5.41, 5.74) is 13.3. The molecule has 4 aliphatic carbocycles. The van der Waals surface area contributed by atoms with Crippen LogP contribution in [0.4, 0.5) is 52.7 Å². The molecule has 0 aromatic heterocycles. The summed E-state index contributed by atoms with van der Waals surface area (Å²) in [6.07, 6.45) is -12.7. The highest BCUT2D eigenvalue weighted by atomic mass is 127. The van der Waals surface area contributed by atoms with Gasteiger partial charge in [-0.1, -0.05) is 219 Å². The zero-order valence-corrected chi connectivity index (χ0v) is 61.1. The van der Waals surface area contributed by atoms with Crippen LogP contribution in [0.25, 0.3) is 0 Å². The van der Waals surface area contributed by atoms with Gasteiger partial charge in [-0.2, -0.15) is 52.7 Å². The Morgan fingerprint density at radius 1 is 0.420 bits per heavy atom. The summed E-state index contributed by atoms with van der Waals surface area (Å²) in [6, 6.07) is 16.7. The minimum Gasteiger partial charge on any atom is -0.345 e. The van der Waals surface area contributed by atoms with Gasteiger partial charge in [0.2, 0.25) is 0 Å². The molecule has 28 heteroatoms. The smallest absolute Gasteiger partial charge is 0.345 e. The molecule has 3 unspecified atom stereocenters. The number of aryl methyl sites for hydroxylation is 4. The number of hydrogen-bond donors (Lipinski definition) is 4. The van der Waals surface area contributed by atoms with Crippen LogP contribution in [0.15, 0.2) is 60.7 Å². The maximum Gasteiger partial charge on any atom is 0.471 e. The van der Waals surface area contributed by atoms with Gasteiger partial charge in [-0.15, -0.1) is 0 Å². The van der Waals surface area contributed by atoms with Crippen LogP contribution in [0.2, 0.25) is 0 Å². The Morgan fingerprint density at radius 2 is 0.682 bits per heavy atom. The van der Waals surface area contributed by atoms with Crippen molar-refractivity contribution in [2.24, 2.45) is 0 Å². The van der Waals surface area contributed by atoms with E-state index in [-0.39, 0.29) is 19.0 Å². The predicted octanol–water partition coefficient (Wildman–Crippen LogP) is 16.1. The number of alkyl halides is 18. The Morgan fingerprint density at radius 3 is 0.955 bits per heavy atom. The SMILES string of the molecule is C.CC(=O)c1ccc2c(c1)CC(NC(=O)C(F)(F)F)C2.CCc1cc2c(cc1C(C)=O)CC(NC(=O)C(F)(F)F)C2.CCc1cc2c(cc1CC)CC(NC(=O)C(F)(F)F)C2.CCc1ccc2c(c1)CC(NC(=O)C(F)(F)F)C2.CI.IC(I)I.ICI. The first-order valence-electron chi connectivity index (χ1n) is 26.8. The maximum absolute atomic E-state index is 12.3. The van der Waals surface area contributed by atoms with E-state index in [1.165, 1.54) is 27.4 Å². The van der Waals surface area contributed by atoms with Gasteiger partial charge >= 0.3 is 48.3 Å². The Hall–Kier alpha value is -2.36. The molecule has 0 bridgehead atoms. The minimum absolute atomic E-state index is 0. The summed E-state index contributed by atoms with van der Waals surface area (Å²) in [5.74, 6) is -7.68. The highest BCUT2D eigenvalue weighted by Gasteiger charge is 2.43. The molecule has 0 spiro atoms. The van der Waals surface area contributed by atoms with Gasteiger partial charge in [-0.3, -0.25) is 28.8 Å². The van der Waals surface area contributed by atoms with E-state index in [9.17, 15) is 81.5 Å². The molecule has 10 nitrogen and oxygen atoms in total. The Bertz CT molecular complexity index is 2960. The number of amides is 4. The van der Waals surface area contributed by atoms with Crippen molar-refractivity contribution in [1.82, 2.24) is 21.3 Å². The number of fused-ring (bicyclic) bond motifs is 4. The highest BCUT2D eigenvalue weighted by Crippen LogP contribution is 2.31. The summed E-state index contributed by atoms with van der Waals surface area (Å²) in [4.78, 5) is 68.5. The maximum atomic E-state index is 12.3. The van der Waals surface area contributed by atoms with Crippen LogP contribution < -0.4 is 21.3 Å². The molecule has 4 N–H and O–H groups in total. The van der Waals surface area contributed by atoms with Crippen molar-refractivity contribution >= 4 is 171 Å². The zero-order valence-electron chi connectivity index (χ0n) is 48.1. The molecule has 4 amide bonds. The molecule has 0 saturated heterocycles. The molecule has 0 radical (unpaired) electrons. The van der Waals surface area contributed by atoms with Gasteiger partial charge in [0.05, 0.1) is 2.43 Å². The summed E-state index contributed by atoms with van der Waals surface area (Å²) >= 11 is 13.6. The minimum atomic E-state index is -4.87. The molecule has 0 heterocycles. The predicted molar refractivity (Wildman–Crippen MR) is 370 cm³/mol. The Kier molecular flexibility index (Phi) is 36.8. The largest absolute Gasteiger partial charge is 0.471 e. The number of carbonyl (C=O) groups excluding carboxylic acids is 6. The fourth-order valence-electron chi connectivity index (χ4n) is 9.98. The first-order chi connectivity index (χ1) is 40.4. The van der Waals surface area contributed by atoms with Crippen LogP contribution >= 0.6 is 136 Å². The van der Waals surface area contributed by atoms with E-state index in [4.69, 9.17) is 0 Å². The lowest BCUT2D eigenvalue weighted by molar-refractivity contribution is -0.174. The lowest BCUT2D eigenvalue weighted by atomic mass is 9.96. The Labute approximate surface area is 587 Å². The van der Waals surface area contributed by atoms with Crippen molar-refractivity contribution in [3.05, 3.63) is 139 Å². The van der Waals surface area contributed by atoms with E-state index in [0.717, 1.165) is 74.8 Å². The van der Waals surface area contributed by atoms with Crippen LogP contribution in [-0.4, -0.2) is 91.4 Å². The van der Waals surface area contributed by atoms with Gasteiger partial charge in [-0.05, 0) is 175 Å². The van der Waals surface area contributed by atoms with Gasteiger partial charge in [0.25, 0.3) is 0 Å². The molecule has 4 aliphatic rings. The molecule has 4 aromatic rings. The van der Waals surface area contributed by atoms with Crippen molar-refractivity contribution in [3.63, 3.8) is 0 Å². The standard InChI is InChI=1S/C15H16F3NO2.C15H18F3NO.C13H12F3NO2.C13H14F3NO.CHI3.CH2I2.CH3I.CH4/c1-3-9-4-10-5-12(19-14(21)15(16,17)18)6-11(10)7-13(9)8(2)20;1-3-9-5-11-7-13(19-14(20)15(16,17)18)8-12(11)6-10(9)4-2;1-7(18)8-2-3-9-5-11(6-10(9)4-8)17-12(19)13(14,15)16;1-2-8-3-4-9-6-11(7-10(9)5-8)17-12(18)13(14,15)16;2-1(3)4;2-1-3;1-2;/h4,7,12H,3,5-6H2,1-2H3,(H,19,21);5-6,13H,3-4,7-8H2,1-2H3,(H,19,20);2-4,11H,5-6H2,1H3,(H,17,19);3-5,11H,2,6-7H2,1H3,(H,17,18);1H;1H2;1H3;1H4. The van der Waals surface area contributed by atoms with E-state index in [1.54, 1.807) is 24.3 Å². The first-order valence-corrected chi connectivity index (χ1v) is 35.8. The van der Waals surface area contributed by atoms with Crippen LogP contribution in [0.1, 0.15) is 136 Å². The van der Waals surface area contributed by atoms with Crippen molar-refractivity contribution in [3.8, 4) is 0 Å². The average molecular weight is 1930 g/mol. The molecule has 0 aliphatic heterocycles. The van der Waals surface area contributed by atoms with Crippen molar-refractivity contribution in [2.45, 2.75) is 175 Å². The van der Waals surface area contributed by atoms with Crippen molar-refractivity contribution in [1.29, 1.82) is 0 Å². The lowest BCUT2D eigenvalue weighted by Crippen LogP contribution is -2.43. The van der Waals surface area contributed by atoms with Gasteiger partial charge in [0.15, 0.2) is 11.6 Å². The lowest BCUT2D eigenvalue weighted by Gasteiger charge is -2.13. The number of nitrogens with one attached hydrogen (secondary N) is 4. The fourth-order valence-corrected chi connectivity index (χ4v) is 9.98. The quantitative estimate of drug-likeness (QED) is 0.0537. The molecule has 8 rings (SSSR count). The third-order valence-corrected chi connectivity index (χ3v) is 13.9. The number of hydrogen-bond acceptors (Lipinski definition) is 6. The average Bonchev–Trinajstić information content (AvgIpc) is 4.11. The van der Waals surface area contributed by atoms with Gasteiger partial charge in [0.1, 0.15) is -0.0619 Å². The zero-order chi connectivity index (χ0) is 66.5.